The number of aromatic nitrogens is 4. The van der Waals surface area contributed by atoms with E-state index in [1.165, 1.54) is 30.3 Å². The molecule has 0 aliphatic heterocycles. The molecule has 3 rings (SSSR count). The van der Waals surface area contributed by atoms with Crippen molar-refractivity contribution in [3.63, 3.8) is 0 Å². The van der Waals surface area contributed by atoms with Gasteiger partial charge in [-0.25, -0.2) is 0 Å². The molecule has 0 unspecified atom stereocenters. The lowest BCUT2D eigenvalue weighted by Crippen LogP contribution is -2.36. The number of alkyl halides is 4. The number of H-pyrrole nitrogens is 1. The lowest BCUT2D eigenvalue weighted by molar-refractivity contribution is -0.223. The normalized spacial score (nSPS) is 12.4. The predicted octanol–water partition coefficient (Wildman–Crippen LogP) is 4.06. The van der Waals surface area contributed by atoms with E-state index in [1.807, 2.05) is 0 Å². The first-order valence-electron chi connectivity index (χ1n) is 7.00. The molecular weight excluding hydrogens is 324 g/mol. The van der Waals surface area contributed by atoms with E-state index in [1.54, 1.807) is 6.92 Å². The van der Waals surface area contributed by atoms with E-state index < -0.39 is 23.0 Å². The summed E-state index contributed by atoms with van der Waals surface area (Å²) in [6.45, 7) is 1.69. The Morgan fingerprint density at radius 1 is 0.875 bits per heavy atom. The van der Waals surface area contributed by atoms with Crippen LogP contribution in [0.4, 0.5) is 17.6 Å². The van der Waals surface area contributed by atoms with Crippen LogP contribution in [0.5, 0.6) is 0 Å². The van der Waals surface area contributed by atoms with Gasteiger partial charge in [0.05, 0.1) is 0 Å². The van der Waals surface area contributed by atoms with Crippen LogP contribution in [0.25, 0.3) is 11.4 Å². The van der Waals surface area contributed by atoms with Gasteiger partial charge in [0.1, 0.15) is 0 Å². The molecule has 0 radical (unpaired) electrons. The van der Waals surface area contributed by atoms with Gasteiger partial charge in [-0.15, -0.1) is 10.2 Å². The zero-order valence-electron chi connectivity index (χ0n) is 12.5. The molecule has 0 bridgehead atoms. The van der Waals surface area contributed by atoms with Gasteiger partial charge in [0.25, 0.3) is 0 Å². The van der Waals surface area contributed by atoms with E-state index in [4.69, 9.17) is 0 Å². The summed E-state index contributed by atoms with van der Waals surface area (Å²) in [6, 6.07) is 9.62. The summed E-state index contributed by atoms with van der Waals surface area (Å²) in [4.78, 5) is 0. The average Bonchev–Trinajstić information content (AvgIpc) is 3.09. The molecule has 1 N–H and O–H groups in total. The highest BCUT2D eigenvalue weighted by Crippen LogP contribution is 2.51. The highest BCUT2D eigenvalue weighted by molar-refractivity contribution is 5.61. The Labute approximate surface area is 134 Å². The van der Waals surface area contributed by atoms with Crippen LogP contribution in [-0.2, 0) is 11.8 Å². The Morgan fingerprint density at radius 3 is 2.17 bits per heavy atom. The average molecular weight is 336 g/mol. The van der Waals surface area contributed by atoms with Gasteiger partial charge in [0.15, 0.2) is 0 Å². The molecule has 0 aliphatic rings. The Bertz CT molecular complexity index is 830. The molecule has 8 heteroatoms. The quantitative estimate of drug-likeness (QED) is 0.731. The van der Waals surface area contributed by atoms with Gasteiger partial charge in [-0.2, -0.15) is 22.8 Å². The van der Waals surface area contributed by atoms with Crippen molar-refractivity contribution in [3.8, 4) is 11.4 Å². The van der Waals surface area contributed by atoms with E-state index in [2.05, 4.69) is 20.6 Å². The van der Waals surface area contributed by atoms with Gasteiger partial charge >= 0.3 is 11.8 Å². The van der Waals surface area contributed by atoms with Gasteiger partial charge in [-0.05, 0) is 12.1 Å². The second-order valence-electron chi connectivity index (χ2n) is 5.30. The van der Waals surface area contributed by atoms with Crippen molar-refractivity contribution in [1.82, 2.24) is 20.6 Å². The summed E-state index contributed by atoms with van der Waals surface area (Å²) in [6.07, 6.45) is 0. The molecule has 0 spiro atoms. The van der Waals surface area contributed by atoms with E-state index in [9.17, 15) is 17.6 Å². The van der Waals surface area contributed by atoms with E-state index in [0.717, 1.165) is 18.2 Å². The summed E-state index contributed by atoms with van der Waals surface area (Å²) >= 11 is 0. The molecule has 0 atom stereocenters. The van der Waals surface area contributed by atoms with Gasteiger partial charge in [-0.3, -0.25) is 0 Å². The molecule has 0 fully saturated rings. The Kier molecular flexibility index (Phi) is 3.82. The molecule has 1 aromatic heterocycles. The number of hydrogen-bond donors (Lipinski definition) is 1. The minimum atomic E-state index is -4.46. The van der Waals surface area contributed by atoms with Gasteiger partial charge in [0, 0.05) is 16.7 Å². The van der Waals surface area contributed by atoms with Gasteiger partial charge in [-0.1, -0.05) is 54.1 Å². The summed E-state index contributed by atoms with van der Waals surface area (Å²) in [5, 5.41) is 12.6. The molecule has 4 nitrogen and oxygen atoms in total. The van der Waals surface area contributed by atoms with Crippen molar-refractivity contribution in [2.24, 2.45) is 0 Å². The maximum absolute atomic E-state index is 14.7. The van der Waals surface area contributed by atoms with Crippen molar-refractivity contribution in [2.45, 2.75) is 18.8 Å². The topological polar surface area (TPSA) is 54.5 Å². The fourth-order valence-electron chi connectivity index (χ4n) is 2.34. The number of rotatable bonds is 4. The molecule has 3 aromatic rings. The Balaban J connectivity index is 2.12. The van der Waals surface area contributed by atoms with Crippen LogP contribution < -0.4 is 0 Å². The van der Waals surface area contributed by atoms with Gasteiger partial charge < -0.3 is 0 Å². The summed E-state index contributed by atoms with van der Waals surface area (Å²) < 4.78 is 58.6. The molecular formula is C16H12F4N4. The van der Waals surface area contributed by atoms with Crippen LogP contribution >= 0.6 is 0 Å². The van der Waals surface area contributed by atoms with E-state index in [-0.39, 0.29) is 11.4 Å². The van der Waals surface area contributed by atoms with Crippen LogP contribution in [0.15, 0.2) is 48.5 Å². The molecule has 0 saturated heterocycles. The Morgan fingerprint density at radius 2 is 1.54 bits per heavy atom. The minimum absolute atomic E-state index is 0.176. The third-order valence-electron chi connectivity index (χ3n) is 3.66. The number of hydrogen-bond acceptors (Lipinski definition) is 3. The molecule has 0 saturated carbocycles. The fourth-order valence-corrected chi connectivity index (χ4v) is 2.34. The highest BCUT2D eigenvalue weighted by atomic mass is 19.3. The van der Waals surface area contributed by atoms with E-state index >= 15 is 0 Å². The van der Waals surface area contributed by atoms with Crippen molar-refractivity contribution in [3.05, 3.63) is 65.2 Å². The zero-order valence-corrected chi connectivity index (χ0v) is 12.5. The minimum Gasteiger partial charge on any atom is -0.194 e. The predicted molar refractivity (Wildman–Crippen MR) is 78.6 cm³/mol. The molecule has 2 aromatic carbocycles. The first kappa shape index (κ1) is 16.1. The first-order chi connectivity index (χ1) is 11.3. The summed E-state index contributed by atoms with van der Waals surface area (Å²) in [5.74, 6) is -9.04. The third kappa shape index (κ3) is 2.53. The summed E-state index contributed by atoms with van der Waals surface area (Å²) in [7, 11) is 0. The zero-order chi connectivity index (χ0) is 17.4. The lowest BCUT2D eigenvalue weighted by atomic mass is 9.92. The smallest absolute Gasteiger partial charge is 0.194 e. The van der Waals surface area contributed by atoms with Crippen LogP contribution in [0, 0.1) is 6.92 Å². The van der Waals surface area contributed by atoms with Crippen molar-refractivity contribution < 1.29 is 17.6 Å². The van der Waals surface area contributed by atoms with Crippen LogP contribution in [0.2, 0.25) is 0 Å². The molecule has 0 amide bonds. The molecule has 124 valence electrons. The number of nitrogens with one attached hydrogen (secondary N) is 1. The Hall–Kier alpha value is -2.77. The third-order valence-corrected chi connectivity index (χ3v) is 3.66. The van der Waals surface area contributed by atoms with E-state index in [0.29, 0.717) is 5.56 Å². The maximum Gasteiger partial charge on any atom is 0.340 e. The fraction of sp³-hybridized carbons (Fsp3) is 0.188. The lowest BCUT2D eigenvalue weighted by Gasteiger charge is -2.28. The standard InChI is InChI=1S/C16H12F4N4/c1-10-6-8-11(9-7-10)15(17,18)16(19,20)13-5-3-2-4-12(13)14-21-23-24-22-14/h2-9H,1H3,(H,21,22,23,24). The highest BCUT2D eigenvalue weighted by Gasteiger charge is 2.59. The largest absolute Gasteiger partial charge is 0.340 e. The monoisotopic (exact) mass is 336 g/mol. The SMILES string of the molecule is Cc1ccc(C(F)(F)C(F)(F)c2ccccc2-c2nn[nH]n2)cc1. The molecule has 1 heterocycles. The number of halogens is 4. The van der Waals surface area contributed by atoms with Crippen molar-refractivity contribution >= 4 is 0 Å². The van der Waals surface area contributed by atoms with Crippen molar-refractivity contribution in [2.75, 3.05) is 0 Å². The summed E-state index contributed by atoms with van der Waals surface area (Å²) in [5.41, 5.74) is -1.13. The van der Waals surface area contributed by atoms with Crippen LogP contribution in [-0.4, -0.2) is 20.6 Å². The maximum atomic E-state index is 14.7. The molecule has 0 aliphatic carbocycles. The van der Waals surface area contributed by atoms with Gasteiger partial charge in [0.2, 0.25) is 5.82 Å². The second-order valence-corrected chi connectivity index (χ2v) is 5.30. The number of aryl methyl sites for hydroxylation is 1. The van der Waals surface area contributed by atoms with Crippen LogP contribution in [0.3, 0.4) is 0 Å². The number of benzene rings is 2. The van der Waals surface area contributed by atoms with Crippen LogP contribution in [0.1, 0.15) is 16.7 Å². The number of aromatic amines is 1. The second kappa shape index (κ2) is 5.70. The number of nitrogens with zero attached hydrogens (tertiary/aromatic N) is 3. The number of tetrazole rings is 1. The van der Waals surface area contributed by atoms with Crippen molar-refractivity contribution in [1.29, 1.82) is 0 Å². The first-order valence-corrected chi connectivity index (χ1v) is 7.00. The molecule has 24 heavy (non-hydrogen) atoms.